The molecule has 4 aliphatic carbocycles. The zero-order chi connectivity index (χ0) is 18.6. The lowest BCUT2D eigenvalue weighted by Crippen LogP contribution is -2.29. The van der Waals surface area contributed by atoms with Crippen molar-refractivity contribution in [2.24, 2.45) is 40.9 Å². The van der Waals surface area contributed by atoms with E-state index in [0.717, 1.165) is 6.42 Å². The third-order valence-electron chi connectivity index (χ3n) is 7.28. The number of aliphatic hydroxyl groups is 1. The highest BCUT2D eigenvalue weighted by molar-refractivity contribution is 5.75. The van der Waals surface area contributed by atoms with Crippen LogP contribution in [0.2, 0.25) is 0 Å². The SMILES string of the molecule is C.C.C1CC2CC1C1C3CCC(C3)C21.CCC(C)(C)C(=O)ONC.CCO. The van der Waals surface area contributed by atoms with Gasteiger partial charge in [-0.25, -0.2) is 4.79 Å². The highest BCUT2D eigenvalue weighted by Crippen LogP contribution is 2.67. The van der Waals surface area contributed by atoms with Gasteiger partial charge in [-0.15, -0.1) is 0 Å². The van der Waals surface area contributed by atoms with Crippen LogP contribution in [0.5, 0.6) is 0 Å². The van der Waals surface area contributed by atoms with Crippen molar-refractivity contribution < 1.29 is 14.7 Å². The van der Waals surface area contributed by atoms with Gasteiger partial charge in [0.05, 0.1) is 5.41 Å². The maximum Gasteiger partial charge on any atom is 0.330 e. The summed E-state index contributed by atoms with van der Waals surface area (Å²) >= 11 is 0. The molecule has 0 amide bonds. The molecule has 4 heteroatoms. The van der Waals surface area contributed by atoms with Gasteiger partial charge in [0.2, 0.25) is 0 Å². The fourth-order valence-electron chi connectivity index (χ4n) is 5.91. The van der Waals surface area contributed by atoms with Crippen LogP contribution in [-0.4, -0.2) is 24.7 Å². The van der Waals surface area contributed by atoms with Gasteiger partial charge in [-0.3, -0.25) is 0 Å². The van der Waals surface area contributed by atoms with E-state index >= 15 is 0 Å². The van der Waals surface area contributed by atoms with Crippen molar-refractivity contribution in [1.82, 2.24) is 5.48 Å². The lowest BCUT2D eigenvalue weighted by Gasteiger charge is -2.34. The van der Waals surface area contributed by atoms with Crippen LogP contribution in [-0.2, 0) is 9.63 Å². The minimum atomic E-state index is -0.372. The smallest absolute Gasteiger partial charge is 0.330 e. The van der Waals surface area contributed by atoms with E-state index in [1.807, 2.05) is 20.8 Å². The Balaban J connectivity index is 0.000000419. The van der Waals surface area contributed by atoms with E-state index in [9.17, 15) is 4.79 Å². The molecule has 4 atom stereocenters. The summed E-state index contributed by atoms with van der Waals surface area (Å²) in [7, 11) is 1.57. The molecule has 27 heavy (non-hydrogen) atoms. The van der Waals surface area contributed by atoms with Gasteiger partial charge in [0.1, 0.15) is 0 Å². The summed E-state index contributed by atoms with van der Waals surface area (Å²) < 4.78 is 0. The summed E-state index contributed by atoms with van der Waals surface area (Å²) in [5.74, 6) is 7.08. The maximum atomic E-state index is 11.0. The molecule has 0 aliphatic heterocycles. The second-order valence-corrected chi connectivity index (χ2v) is 8.97. The first kappa shape index (κ1) is 26.4. The lowest BCUT2D eigenvalue weighted by atomic mass is 9.71. The Labute approximate surface area is 168 Å². The molecule has 2 N–H and O–H groups in total. The minimum absolute atomic E-state index is 0. The number of aliphatic hydroxyl groups excluding tert-OH is 1. The van der Waals surface area contributed by atoms with Crippen LogP contribution in [0.4, 0.5) is 0 Å². The molecule has 0 radical (unpaired) electrons. The molecule has 4 nitrogen and oxygen atoms in total. The molecule has 4 rings (SSSR count). The first-order valence-corrected chi connectivity index (χ1v) is 10.4. The summed E-state index contributed by atoms with van der Waals surface area (Å²) in [5, 5.41) is 7.57. The van der Waals surface area contributed by atoms with E-state index in [2.05, 4.69) is 10.3 Å². The molecule has 0 spiro atoms. The van der Waals surface area contributed by atoms with Crippen molar-refractivity contribution in [3.05, 3.63) is 0 Å². The molecule has 0 aromatic heterocycles. The van der Waals surface area contributed by atoms with Crippen LogP contribution in [0.15, 0.2) is 0 Å². The van der Waals surface area contributed by atoms with Gasteiger partial charge in [0.15, 0.2) is 0 Å². The zero-order valence-corrected chi connectivity index (χ0v) is 16.9. The van der Waals surface area contributed by atoms with Crippen molar-refractivity contribution >= 4 is 5.97 Å². The molecule has 4 bridgehead atoms. The number of carbonyl (C=O) groups is 1. The molecule has 4 saturated carbocycles. The molecular formula is C23H47NO3. The summed E-state index contributed by atoms with van der Waals surface area (Å²) in [4.78, 5) is 15.6. The maximum absolute atomic E-state index is 11.0. The van der Waals surface area contributed by atoms with E-state index in [1.54, 1.807) is 52.5 Å². The predicted molar refractivity (Wildman–Crippen MR) is 114 cm³/mol. The van der Waals surface area contributed by atoms with Crippen LogP contribution in [0.1, 0.15) is 87.5 Å². The van der Waals surface area contributed by atoms with E-state index in [-0.39, 0.29) is 32.8 Å². The third-order valence-corrected chi connectivity index (χ3v) is 7.28. The van der Waals surface area contributed by atoms with Crippen LogP contribution < -0.4 is 5.48 Å². The van der Waals surface area contributed by atoms with Crippen molar-refractivity contribution in [3.8, 4) is 0 Å². The van der Waals surface area contributed by atoms with Gasteiger partial charge in [-0.1, -0.05) is 21.8 Å². The number of fused-ring (bicyclic) bond motifs is 9. The molecule has 0 aromatic rings. The van der Waals surface area contributed by atoms with Crippen molar-refractivity contribution in [3.63, 3.8) is 0 Å². The van der Waals surface area contributed by atoms with Gasteiger partial charge < -0.3 is 9.94 Å². The van der Waals surface area contributed by atoms with Crippen LogP contribution in [0.3, 0.4) is 0 Å². The van der Waals surface area contributed by atoms with Gasteiger partial charge in [0, 0.05) is 13.7 Å². The molecule has 0 aromatic carbocycles. The topological polar surface area (TPSA) is 58.6 Å². The fourth-order valence-corrected chi connectivity index (χ4v) is 5.91. The molecular weight excluding hydrogens is 338 g/mol. The molecule has 4 aliphatic rings. The average molecular weight is 386 g/mol. The van der Waals surface area contributed by atoms with Gasteiger partial charge in [-0.05, 0) is 101 Å². The lowest BCUT2D eigenvalue weighted by molar-refractivity contribution is -0.160. The largest absolute Gasteiger partial charge is 0.397 e. The Kier molecular flexibility index (Phi) is 11.1. The number of hydrogen-bond acceptors (Lipinski definition) is 4. The Hall–Kier alpha value is -0.610. The number of carbonyl (C=O) groups excluding carboxylic acids is 1. The summed E-state index contributed by atoms with van der Waals surface area (Å²) in [6, 6.07) is 0. The number of nitrogens with one attached hydrogen (secondary N) is 1. The molecule has 4 fully saturated rings. The van der Waals surface area contributed by atoms with E-state index < -0.39 is 0 Å². The second kappa shape index (κ2) is 11.4. The standard InChI is InChI=1S/C12H18.C7H15NO2.C2H6O.2CH4/c1-2-8-5-7(1)11-9-3-4-10(6-9)12(8)11;1-5-7(2,3)6(9)10-8-4;1-2-3;;/h7-12H,1-6H2;8H,5H2,1-4H3;3H,2H2,1H3;2*1H4. The molecule has 0 saturated heterocycles. The van der Waals surface area contributed by atoms with Gasteiger partial charge >= 0.3 is 5.97 Å². The highest BCUT2D eigenvalue weighted by atomic mass is 16.7. The van der Waals surface area contributed by atoms with E-state index in [0.29, 0.717) is 0 Å². The second-order valence-electron chi connectivity index (χ2n) is 8.97. The van der Waals surface area contributed by atoms with Crippen molar-refractivity contribution in [2.45, 2.75) is 87.5 Å². The number of hydroxylamine groups is 1. The Bertz CT molecular complexity index is 393. The van der Waals surface area contributed by atoms with Gasteiger partial charge in [0.25, 0.3) is 0 Å². The average Bonchev–Trinajstić information content (AvgIpc) is 3.35. The first-order valence-electron chi connectivity index (χ1n) is 10.4. The van der Waals surface area contributed by atoms with Gasteiger partial charge in [-0.2, -0.15) is 5.48 Å². The first-order chi connectivity index (χ1) is 11.9. The van der Waals surface area contributed by atoms with Crippen molar-refractivity contribution in [2.75, 3.05) is 13.7 Å². The number of rotatable bonds is 3. The number of hydrogen-bond donors (Lipinski definition) is 2. The minimum Gasteiger partial charge on any atom is -0.397 e. The van der Waals surface area contributed by atoms with E-state index in [1.165, 1.54) is 35.5 Å². The quantitative estimate of drug-likeness (QED) is 0.501. The molecule has 162 valence electrons. The van der Waals surface area contributed by atoms with Crippen LogP contribution in [0, 0.1) is 40.9 Å². The molecule has 0 heterocycles. The summed E-state index contributed by atoms with van der Waals surface area (Å²) in [5.41, 5.74) is 1.99. The van der Waals surface area contributed by atoms with Crippen molar-refractivity contribution in [1.29, 1.82) is 0 Å². The Morgan fingerprint density at radius 1 is 0.963 bits per heavy atom. The van der Waals surface area contributed by atoms with Crippen LogP contribution >= 0.6 is 0 Å². The van der Waals surface area contributed by atoms with E-state index in [4.69, 9.17) is 5.11 Å². The summed E-state index contributed by atoms with van der Waals surface area (Å²) in [6.07, 6.45) is 10.5. The third kappa shape index (κ3) is 5.69. The Morgan fingerprint density at radius 3 is 1.56 bits per heavy atom. The zero-order valence-electron chi connectivity index (χ0n) is 16.9. The summed E-state index contributed by atoms with van der Waals surface area (Å²) in [6.45, 7) is 7.59. The monoisotopic (exact) mass is 385 g/mol. The normalized spacial score (nSPS) is 34.1. The highest BCUT2D eigenvalue weighted by Gasteiger charge is 2.59. The fraction of sp³-hybridized carbons (Fsp3) is 0.957. The molecule has 4 unspecified atom stereocenters. The predicted octanol–water partition coefficient (Wildman–Crippen LogP) is 5.45. The Morgan fingerprint density at radius 2 is 1.30 bits per heavy atom. The van der Waals surface area contributed by atoms with Crippen LogP contribution in [0.25, 0.3) is 0 Å².